The molecule has 0 N–H and O–H groups in total. The lowest BCUT2D eigenvalue weighted by atomic mass is 10.3. The molecule has 0 unspecified atom stereocenters. The number of hydrogen-bond donors (Lipinski definition) is 0. The van der Waals surface area contributed by atoms with Crippen LogP contribution in [0.2, 0.25) is 0 Å². The lowest BCUT2D eigenvalue weighted by Crippen LogP contribution is -2.21. The number of para-hydroxylation sites is 1. The molecule has 0 spiro atoms. The second-order valence-corrected chi connectivity index (χ2v) is 2.90. The molecule has 0 aliphatic carbocycles. The highest BCUT2D eigenvalue weighted by Crippen LogP contribution is 2.13. The van der Waals surface area contributed by atoms with E-state index >= 15 is 0 Å². The molecule has 0 radical (unpaired) electrons. The van der Waals surface area contributed by atoms with E-state index in [1.807, 2.05) is 24.3 Å². The van der Waals surface area contributed by atoms with Gasteiger partial charge in [0.15, 0.2) is 0 Å². The van der Waals surface area contributed by atoms with Gasteiger partial charge in [-0.05, 0) is 6.07 Å². The van der Waals surface area contributed by atoms with Crippen molar-refractivity contribution < 1.29 is 4.73 Å². The molecule has 1 heterocycles. The van der Waals surface area contributed by atoms with Crippen LogP contribution in [0, 0.1) is 5.21 Å². The van der Waals surface area contributed by atoms with Crippen molar-refractivity contribution in [2.75, 3.05) is 0 Å². The molecule has 3 heteroatoms. The van der Waals surface area contributed by atoms with E-state index in [9.17, 15) is 5.21 Å². The second kappa shape index (κ2) is 1.95. The first-order valence-electron chi connectivity index (χ1n) is 2.93. The van der Waals surface area contributed by atoms with Crippen molar-refractivity contribution in [2.45, 2.75) is 0 Å². The first-order valence-corrected chi connectivity index (χ1v) is 3.81. The van der Waals surface area contributed by atoms with Crippen LogP contribution in [-0.2, 0) is 0 Å². The lowest BCUT2D eigenvalue weighted by Gasteiger charge is -1.88. The van der Waals surface area contributed by atoms with Gasteiger partial charge in [0.05, 0.1) is 0 Å². The Balaban J connectivity index is 2.93. The van der Waals surface area contributed by atoms with Crippen LogP contribution in [0.1, 0.15) is 0 Å². The predicted molar refractivity (Wildman–Crippen MR) is 40.8 cm³/mol. The summed E-state index contributed by atoms with van der Waals surface area (Å²) in [6.07, 6.45) is 0. The van der Waals surface area contributed by atoms with Crippen molar-refractivity contribution in [1.29, 1.82) is 0 Å². The third-order valence-electron chi connectivity index (χ3n) is 1.38. The summed E-state index contributed by atoms with van der Waals surface area (Å²) in [5.41, 5.74) is 2.32. The Kier molecular flexibility index (Phi) is 1.11. The van der Waals surface area contributed by atoms with Crippen LogP contribution in [0.25, 0.3) is 10.2 Å². The molecule has 1 aromatic carbocycles. The van der Waals surface area contributed by atoms with Gasteiger partial charge in [-0.2, -0.15) is 4.73 Å². The fraction of sp³-hybridized carbons (Fsp3) is 0. The molecule has 0 saturated heterocycles. The Bertz CT molecular complexity index is 355. The first kappa shape index (κ1) is 5.68. The quantitative estimate of drug-likeness (QED) is 0.414. The normalized spacial score (nSPS) is 10.4. The highest BCUT2D eigenvalue weighted by Gasteiger charge is 2.02. The molecule has 10 heavy (non-hydrogen) atoms. The van der Waals surface area contributed by atoms with Crippen LogP contribution in [0.3, 0.4) is 0 Å². The summed E-state index contributed by atoms with van der Waals surface area (Å²) < 4.78 is 1.93. The maximum atomic E-state index is 10.9. The van der Waals surface area contributed by atoms with E-state index in [4.69, 9.17) is 0 Å². The minimum atomic E-state index is 0.757. The van der Waals surface area contributed by atoms with Crippen molar-refractivity contribution in [2.24, 2.45) is 0 Å². The molecule has 1 aromatic heterocycles. The van der Waals surface area contributed by atoms with Crippen LogP contribution < -0.4 is 4.73 Å². The molecule has 0 amide bonds. The molecule has 0 bridgehead atoms. The van der Waals surface area contributed by atoms with Gasteiger partial charge < -0.3 is 5.21 Å². The Labute approximate surface area is 61.9 Å². The fourth-order valence-electron chi connectivity index (χ4n) is 0.900. The third kappa shape index (κ3) is 0.675. The number of hydrogen-bond acceptors (Lipinski definition) is 2. The molecule has 0 fully saturated rings. The minimum absolute atomic E-state index is 0.757. The molecule has 2 nitrogen and oxygen atoms in total. The molecule has 0 atom stereocenters. The lowest BCUT2D eigenvalue weighted by molar-refractivity contribution is -0.572. The van der Waals surface area contributed by atoms with Crippen LogP contribution >= 0.6 is 11.3 Å². The average Bonchev–Trinajstić information content (AvgIpc) is 2.34. The Hall–Kier alpha value is -1.09. The summed E-state index contributed by atoms with van der Waals surface area (Å²) in [7, 11) is 0. The van der Waals surface area contributed by atoms with Crippen LogP contribution in [0.4, 0.5) is 0 Å². The summed E-state index contributed by atoms with van der Waals surface area (Å²) in [5.74, 6) is 0. The maximum Gasteiger partial charge on any atom is 0.237 e. The first-order chi connectivity index (χ1) is 4.88. The van der Waals surface area contributed by atoms with Gasteiger partial charge in [0.1, 0.15) is 4.70 Å². The van der Waals surface area contributed by atoms with Crippen molar-refractivity contribution in [3.63, 3.8) is 0 Å². The Morgan fingerprint density at radius 3 is 2.90 bits per heavy atom. The third-order valence-corrected chi connectivity index (χ3v) is 2.27. The summed E-state index contributed by atoms with van der Waals surface area (Å²) >= 11 is 1.46. The van der Waals surface area contributed by atoms with Gasteiger partial charge in [-0.1, -0.05) is 23.5 Å². The summed E-state index contributed by atoms with van der Waals surface area (Å²) in [5, 5.41) is 10.9. The highest BCUT2D eigenvalue weighted by atomic mass is 32.1. The Morgan fingerprint density at radius 2 is 2.10 bits per heavy atom. The van der Waals surface area contributed by atoms with Gasteiger partial charge in [0, 0.05) is 6.07 Å². The molecule has 0 saturated carbocycles. The maximum absolute atomic E-state index is 10.9. The number of rotatable bonds is 0. The van der Waals surface area contributed by atoms with Crippen molar-refractivity contribution in [3.8, 4) is 0 Å². The molecule has 50 valence electrons. The van der Waals surface area contributed by atoms with Crippen molar-refractivity contribution in [3.05, 3.63) is 35.0 Å². The SMILES string of the molecule is [O-][n+]1csc2ccccc21. The van der Waals surface area contributed by atoms with E-state index in [2.05, 4.69) is 0 Å². The predicted octanol–water partition coefficient (Wildman–Crippen LogP) is 1.53. The largest absolute Gasteiger partial charge is 0.618 e. The standard InChI is InChI=1S/C7H5NOS/c9-8-5-10-7-4-2-1-3-6(7)8/h1-5H. The second-order valence-electron chi connectivity index (χ2n) is 2.02. The van der Waals surface area contributed by atoms with Gasteiger partial charge in [-0.3, -0.25) is 0 Å². The monoisotopic (exact) mass is 151 g/mol. The number of thiazole rings is 1. The minimum Gasteiger partial charge on any atom is -0.618 e. The number of benzene rings is 1. The number of fused-ring (bicyclic) bond motifs is 1. The van der Waals surface area contributed by atoms with Crippen molar-refractivity contribution in [1.82, 2.24) is 0 Å². The molecular formula is C7H5NOS. The molecule has 2 aromatic rings. The zero-order valence-corrected chi connectivity index (χ0v) is 5.97. The van der Waals surface area contributed by atoms with Gasteiger partial charge in [0.2, 0.25) is 11.0 Å². The van der Waals surface area contributed by atoms with E-state index in [-0.39, 0.29) is 0 Å². The van der Waals surface area contributed by atoms with Gasteiger partial charge in [-0.25, -0.2) is 0 Å². The highest BCUT2D eigenvalue weighted by molar-refractivity contribution is 7.16. The fourth-order valence-corrected chi connectivity index (χ4v) is 1.66. The molecule has 0 aliphatic rings. The Morgan fingerprint density at radius 1 is 1.30 bits per heavy atom. The van der Waals surface area contributed by atoms with E-state index in [1.165, 1.54) is 11.3 Å². The van der Waals surface area contributed by atoms with Crippen molar-refractivity contribution >= 4 is 21.6 Å². The van der Waals surface area contributed by atoms with E-state index in [0.717, 1.165) is 14.9 Å². The summed E-state index contributed by atoms with van der Waals surface area (Å²) in [6, 6.07) is 7.55. The number of aromatic nitrogens is 1. The van der Waals surface area contributed by atoms with E-state index < -0.39 is 0 Å². The van der Waals surface area contributed by atoms with Gasteiger partial charge >= 0.3 is 0 Å². The van der Waals surface area contributed by atoms with Crippen LogP contribution in [0.5, 0.6) is 0 Å². The van der Waals surface area contributed by atoms with Crippen LogP contribution in [0.15, 0.2) is 29.8 Å². The zero-order chi connectivity index (χ0) is 6.97. The van der Waals surface area contributed by atoms with Crippen LogP contribution in [-0.4, -0.2) is 0 Å². The zero-order valence-electron chi connectivity index (χ0n) is 5.15. The molecule has 2 rings (SSSR count). The smallest absolute Gasteiger partial charge is 0.237 e. The summed E-state index contributed by atoms with van der Waals surface area (Å²) in [6.45, 7) is 0. The van der Waals surface area contributed by atoms with Gasteiger partial charge in [-0.15, -0.1) is 0 Å². The topological polar surface area (TPSA) is 26.9 Å². The molecule has 0 aliphatic heterocycles. The van der Waals surface area contributed by atoms with E-state index in [0.29, 0.717) is 0 Å². The van der Waals surface area contributed by atoms with Gasteiger partial charge in [0.25, 0.3) is 0 Å². The summed E-state index contributed by atoms with van der Waals surface area (Å²) in [4.78, 5) is 0. The molecular weight excluding hydrogens is 146 g/mol. The average molecular weight is 151 g/mol. The van der Waals surface area contributed by atoms with E-state index in [1.54, 1.807) is 5.51 Å². The number of nitrogens with zero attached hydrogens (tertiary/aromatic N) is 1.